The minimum atomic E-state index is -0.616. The van der Waals surface area contributed by atoms with Crippen LogP contribution in [0.15, 0.2) is 18.3 Å². The summed E-state index contributed by atoms with van der Waals surface area (Å²) in [4.78, 5) is 22.9. The Morgan fingerprint density at radius 3 is 2.64 bits per heavy atom. The summed E-state index contributed by atoms with van der Waals surface area (Å²) in [7, 11) is 0. The SMILES string of the molecule is O=Cc1ccc([N+](=O)[O-])nc1. The number of rotatable bonds is 2. The zero-order valence-corrected chi connectivity index (χ0v) is 5.43. The van der Waals surface area contributed by atoms with Crippen molar-refractivity contribution in [3.63, 3.8) is 0 Å². The van der Waals surface area contributed by atoms with Crippen LogP contribution in [0.1, 0.15) is 10.4 Å². The van der Waals surface area contributed by atoms with Gasteiger partial charge in [-0.3, -0.25) is 4.79 Å². The molecule has 0 saturated carbocycles. The van der Waals surface area contributed by atoms with Crippen LogP contribution in [-0.4, -0.2) is 16.2 Å². The van der Waals surface area contributed by atoms with Crippen molar-refractivity contribution in [1.82, 2.24) is 4.98 Å². The van der Waals surface area contributed by atoms with Crippen LogP contribution in [0, 0.1) is 10.1 Å². The van der Waals surface area contributed by atoms with Gasteiger partial charge in [0, 0.05) is 6.07 Å². The summed E-state index contributed by atoms with van der Waals surface area (Å²) >= 11 is 0. The molecule has 0 saturated heterocycles. The average Bonchev–Trinajstić information content (AvgIpc) is 2.05. The Kier molecular flexibility index (Phi) is 1.91. The van der Waals surface area contributed by atoms with Crippen LogP contribution < -0.4 is 0 Å². The van der Waals surface area contributed by atoms with Crippen molar-refractivity contribution >= 4 is 12.1 Å². The minimum Gasteiger partial charge on any atom is -0.358 e. The number of carbonyl (C=O) groups is 1. The van der Waals surface area contributed by atoms with E-state index in [1.165, 1.54) is 12.1 Å². The summed E-state index contributed by atoms with van der Waals surface area (Å²) in [5, 5.41) is 10.1. The molecule has 0 aliphatic heterocycles. The second kappa shape index (κ2) is 2.87. The van der Waals surface area contributed by atoms with Gasteiger partial charge in [0.25, 0.3) is 0 Å². The molecule has 1 aromatic rings. The predicted molar refractivity (Wildman–Crippen MR) is 36.3 cm³/mol. The molecule has 56 valence electrons. The van der Waals surface area contributed by atoms with Crippen molar-refractivity contribution in [2.45, 2.75) is 0 Å². The van der Waals surface area contributed by atoms with Crippen molar-refractivity contribution in [2.24, 2.45) is 0 Å². The molecule has 0 spiro atoms. The highest BCUT2D eigenvalue weighted by Crippen LogP contribution is 2.05. The standard InChI is InChI=1S/C6H4N2O3/c9-4-5-1-2-6(7-3-5)8(10)11/h1-4H. The van der Waals surface area contributed by atoms with E-state index in [2.05, 4.69) is 4.98 Å². The van der Waals surface area contributed by atoms with Gasteiger partial charge in [0.05, 0.1) is 5.56 Å². The van der Waals surface area contributed by atoms with E-state index in [4.69, 9.17) is 0 Å². The van der Waals surface area contributed by atoms with E-state index < -0.39 is 4.92 Å². The number of nitrogens with zero attached hydrogens (tertiary/aromatic N) is 2. The first-order valence-corrected chi connectivity index (χ1v) is 2.79. The molecule has 0 fully saturated rings. The van der Waals surface area contributed by atoms with Crippen LogP contribution >= 0.6 is 0 Å². The van der Waals surface area contributed by atoms with Crippen molar-refractivity contribution in [3.8, 4) is 0 Å². The molecule has 1 aromatic heterocycles. The summed E-state index contributed by atoms with van der Waals surface area (Å²) in [6, 6.07) is 2.53. The third-order valence-electron chi connectivity index (χ3n) is 1.09. The van der Waals surface area contributed by atoms with Crippen molar-refractivity contribution in [2.75, 3.05) is 0 Å². The fourth-order valence-electron chi connectivity index (χ4n) is 0.575. The van der Waals surface area contributed by atoms with Gasteiger partial charge in [-0.2, -0.15) is 0 Å². The summed E-state index contributed by atoms with van der Waals surface area (Å²) < 4.78 is 0. The van der Waals surface area contributed by atoms with Gasteiger partial charge in [-0.25, -0.2) is 0 Å². The van der Waals surface area contributed by atoms with Gasteiger partial charge in [0.2, 0.25) is 0 Å². The van der Waals surface area contributed by atoms with Crippen LogP contribution in [0.5, 0.6) is 0 Å². The Bertz CT molecular complexity index is 280. The molecule has 0 aliphatic rings. The molecule has 0 atom stereocenters. The maximum Gasteiger partial charge on any atom is 0.363 e. The number of aromatic nitrogens is 1. The van der Waals surface area contributed by atoms with Crippen LogP contribution in [-0.2, 0) is 0 Å². The number of carbonyl (C=O) groups excluding carboxylic acids is 1. The first-order valence-electron chi connectivity index (χ1n) is 2.79. The second-order valence-electron chi connectivity index (χ2n) is 1.82. The van der Waals surface area contributed by atoms with Gasteiger partial charge >= 0.3 is 5.82 Å². The van der Waals surface area contributed by atoms with Crippen molar-refractivity contribution in [1.29, 1.82) is 0 Å². The smallest absolute Gasteiger partial charge is 0.358 e. The largest absolute Gasteiger partial charge is 0.363 e. The molecule has 0 bridgehead atoms. The van der Waals surface area contributed by atoms with E-state index in [9.17, 15) is 14.9 Å². The van der Waals surface area contributed by atoms with Crippen LogP contribution in [0.3, 0.4) is 0 Å². The molecule has 1 heterocycles. The van der Waals surface area contributed by atoms with Gasteiger partial charge in [0.15, 0.2) is 12.5 Å². The fourth-order valence-corrected chi connectivity index (χ4v) is 0.575. The zero-order chi connectivity index (χ0) is 8.27. The molecule has 0 radical (unpaired) electrons. The zero-order valence-electron chi connectivity index (χ0n) is 5.43. The molecule has 0 N–H and O–H groups in total. The molecule has 0 aromatic carbocycles. The number of hydrogen-bond acceptors (Lipinski definition) is 4. The van der Waals surface area contributed by atoms with Crippen LogP contribution in [0.2, 0.25) is 0 Å². The van der Waals surface area contributed by atoms with E-state index in [0.717, 1.165) is 6.20 Å². The van der Waals surface area contributed by atoms with E-state index in [1.807, 2.05) is 0 Å². The summed E-state index contributed by atoms with van der Waals surface area (Å²) in [6.45, 7) is 0. The predicted octanol–water partition coefficient (Wildman–Crippen LogP) is 0.802. The molecular weight excluding hydrogens is 148 g/mol. The number of hydrogen-bond donors (Lipinski definition) is 0. The molecule has 0 amide bonds. The van der Waals surface area contributed by atoms with Gasteiger partial charge < -0.3 is 10.1 Å². The maximum atomic E-state index is 10.1. The van der Waals surface area contributed by atoms with Gasteiger partial charge in [0.1, 0.15) is 0 Å². The lowest BCUT2D eigenvalue weighted by Gasteiger charge is -1.89. The highest BCUT2D eigenvalue weighted by atomic mass is 16.6. The summed E-state index contributed by atoms with van der Waals surface area (Å²) in [6.07, 6.45) is 1.74. The van der Waals surface area contributed by atoms with Gasteiger partial charge in [-0.05, 0) is 16.0 Å². The van der Waals surface area contributed by atoms with E-state index in [1.54, 1.807) is 0 Å². The Morgan fingerprint density at radius 2 is 2.27 bits per heavy atom. The molecule has 1 rings (SSSR count). The van der Waals surface area contributed by atoms with E-state index in [0.29, 0.717) is 11.8 Å². The summed E-state index contributed by atoms with van der Waals surface area (Å²) in [5.41, 5.74) is 0.329. The van der Waals surface area contributed by atoms with E-state index in [-0.39, 0.29) is 5.82 Å². The fraction of sp³-hybridized carbons (Fsp3) is 0. The average molecular weight is 152 g/mol. The third kappa shape index (κ3) is 1.57. The van der Waals surface area contributed by atoms with Crippen LogP contribution in [0.4, 0.5) is 5.82 Å². The Balaban J connectivity index is 3.00. The number of nitro groups is 1. The molecule has 0 unspecified atom stereocenters. The lowest BCUT2D eigenvalue weighted by Crippen LogP contribution is -1.91. The quantitative estimate of drug-likeness (QED) is 0.357. The van der Waals surface area contributed by atoms with Crippen molar-refractivity contribution in [3.05, 3.63) is 34.0 Å². The van der Waals surface area contributed by atoms with Crippen molar-refractivity contribution < 1.29 is 9.72 Å². The number of pyridine rings is 1. The Hall–Kier alpha value is -1.78. The minimum absolute atomic E-state index is 0.254. The summed E-state index contributed by atoms with van der Waals surface area (Å²) in [5.74, 6) is -0.254. The molecule has 11 heavy (non-hydrogen) atoms. The topological polar surface area (TPSA) is 73.1 Å². The lowest BCUT2D eigenvalue weighted by atomic mass is 10.3. The lowest BCUT2D eigenvalue weighted by molar-refractivity contribution is -0.389. The first-order chi connectivity index (χ1) is 5.24. The Labute approximate surface area is 61.8 Å². The van der Waals surface area contributed by atoms with Crippen LogP contribution in [0.25, 0.3) is 0 Å². The molecule has 5 nitrogen and oxygen atoms in total. The Morgan fingerprint density at radius 1 is 1.55 bits per heavy atom. The molecule has 5 heteroatoms. The maximum absolute atomic E-state index is 10.1. The normalized spacial score (nSPS) is 9.09. The third-order valence-corrected chi connectivity index (χ3v) is 1.09. The number of aldehydes is 1. The molecule has 0 aliphatic carbocycles. The molecular formula is C6H4N2O3. The van der Waals surface area contributed by atoms with Gasteiger partial charge in [-0.15, -0.1) is 0 Å². The monoisotopic (exact) mass is 152 g/mol. The first kappa shape index (κ1) is 7.33. The van der Waals surface area contributed by atoms with Gasteiger partial charge in [-0.1, -0.05) is 0 Å². The highest BCUT2D eigenvalue weighted by molar-refractivity contribution is 5.74. The highest BCUT2D eigenvalue weighted by Gasteiger charge is 2.04. The van der Waals surface area contributed by atoms with E-state index >= 15 is 0 Å². The second-order valence-corrected chi connectivity index (χ2v) is 1.82.